The van der Waals surface area contributed by atoms with Crippen molar-refractivity contribution in [2.24, 2.45) is 5.92 Å². The van der Waals surface area contributed by atoms with Crippen LogP contribution in [0.2, 0.25) is 0 Å². The molecule has 0 spiro atoms. The van der Waals surface area contributed by atoms with Gasteiger partial charge in [-0.15, -0.1) is 0 Å². The van der Waals surface area contributed by atoms with E-state index >= 15 is 0 Å². The summed E-state index contributed by atoms with van der Waals surface area (Å²) in [5.41, 5.74) is 1.18. The van der Waals surface area contributed by atoms with Gasteiger partial charge in [0.2, 0.25) is 0 Å². The first-order valence-corrected chi connectivity index (χ1v) is 8.23. The number of hydrogen-bond donors (Lipinski definition) is 1. The first-order chi connectivity index (χ1) is 9.54. The van der Waals surface area contributed by atoms with Crippen molar-refractivity contribution in [3.63, 3.8) is 0 Å². The third-order valence-corrected chi connectivity index (χ3v) is 4.42. The van der Waals surface area contributed by atoms with Gasteiger partial charge in [-0.1, -0.05) is 19.9 Å². The minimum absolute atomic E-state index is 0.189. The monoisotopic (exact) mass is 342 g/mol. The molecule has 2 rings (SSSR count). The molecule has 1 aliphatic heterocycles. The lowest BCUT2D eigenvalue weighted by Crippen LogP contribution is -2.40. The Morgan fingerprint density at radius 1 is 1.45 bits per heavy atom. The summed E-state index contributed by atoms with van der Waals surface area (Å²) in [6.45, 7) is 8.67. The zero-order valence-corrected chi connectivity index (χ0v) is 13.9. The molecule has 1 fully saturated rings. The molecular weight excluding hydrogens is 319 g/mol. The van der Waals surface area contributed by atoms with Crippen LogP contribution in [0, 0.1) is 11.7 Å². The van der Waals surface area contributed by atoms with E-state index in [-0.39, 0.29) is 5.82 Å². The Labute approximate surface area is 129 Å². The van der Waals surface area contributed by atoms with Crippen molar-refractivity contribution in [3.8, 4) is 0 Å². The van der Waals surface area contributed by atoms with Crippen molar-refractivity contribution >= 4 is 15.9 Å². The van der Waals surface area contributed by atoms with Crippen molar-refractivity contribution < 1.29 is 4.39 Å². The fraction of sp³-hybridized carbons (Fsp3) is 0.625. The highest BCUT2D eigenvalue weighted by atomic mass is 79.9. The quantitative estimate of drug-likeness (QED) is 0.875. The average molecular weight is 343 g/mol. The van der Waals surface area contributed by atoms with Crippen molar-refractivity contribution in [1.29, 1.82) is 0 Å². The lowest BCUT2D eigenvalue weighted by Gasteiger charge is -2.33. The van der Waals surface area contributed by atoms with E-state index in [1.807, 2.05) is 12.1 Å². The van der Waals surface area contributed by atoms with Crippen LogP contribution in [0.15, 0.2) is 22.7 Å². The fourth-order valence-corrected chi connectivity index (χ4v) is 3.19. The number of nitrogens with zero attached hydrogens (tertiary/aromatic N) is 1. The molecule has 2 nitrogen and oxygen atoms in total. The first kappa shape index (κ1) is 15.9. The van der Waals surface area contributed by atoms with Gasteiger partial charge in [-0.3, -0.25) is 4.90 Å². The number of nitrogens with one attached hydrogen (secondary N) is 1. The molecule has 1 atom stereocenters. The smallest absolute Gasteiger partial charge is 0.137 e. The summed E-state index contributed by atoms with van der Waals surface area (Å²) in [5.74, 6) is 0.543. The summed E-state index contributed by atoms with van der Waals surface area (Å²) in [4.78, 5) is 2.48. The largest absolute Gasteiger partial charge is 0.314 e. The summed E-state index contributed by atoms with van der Waals surface area (Å²) in [5, 5.41) is 3.53. The fourth-order valence-electron chi connectivity index (χ4n) is 2.76. The van der Waals surface area contributed by atoms with Crippen LogP contribution >= 0.6 is 15.9 Å². The van der Waals surface area contributed by atoms with Gasteiger partial charge in [-0.05, 0) is 65.5 Å². The van der Waals surface area contributed by atoms with E-state index in [9.17, 15) is 4.39 Å². The molecule has 0 radical (unpaired) electrons. The summed E-state index contributed by atoms with van der Waals surface area (Å²) in [6.07, 6.45) is 2.57. The predicted octanol–water partition coefficient (Wildman–Crippen LogP) is 3.80. The van der Waals surface area contributed by atoms with Crippen LogP contribution in [0.4, 0.5) is 4.39 Å². The molecule has 20 heavy (non-hydrogen) atoms. The van der Waals surface area contributed by atoms with Crippen molar-refractivity contribution in [2.75, 3.05) is 19.6 Å². The van der Waals surface area contributed by atoms with Crippen molar-refractivity contribution in [1.82, 2.24) is 10.2 Å². The maximum Gasteiger partial charge on any atom is 0.137 e. The molecule has 0 bridgehead atoms. The molecule has 1 aliphatic rings. The van der Waals surface area contributed by atoms with Gasteiger partial charge in [0, 0.05) is 19.1 Å². The predicted molar refractivity (Wildman–Crippen MR) is 85.2 cm³/mol. The van der Waals surface area contributed by atoms with Gasteiger partial charge in [0.25, 0.3) is 0 Å². The van der Waals surface area contributed by atoms with E-state index in [0.29, 0.717) is 10.5 Å². The van der Waals surface area contributed by atoms with Gasteiger partial charge in [0.1, 0.15) is 5.82 Å². The normalized spacial score (nSPS) is 20.6. The average Bonchev–Trinajstić information content (AvgIpc) is 2.41. The van der Waals surface area contributed by atoms with Crippen LogP contribution < -0.4 is 5.32 Å². The second kappa shape index (κ2) is 7.53. The number of halogens is 2. The lowest BCUT2D eigenvalue weighted by molar-refractivity contribution is 0.164. The van der Waals surface area contributed by atoms with E-state index in [0.717, 1.165) is 32.1 Å². The van der Waals surface area contributed by atoms with E-state index in [2.05, 4.69) is 40.0 Å². The van der Waals surface area contributed by atoms with Gasteiger partial charge >= 0.3 is 0 Å². The molecular formula is C16H24BrFN2. The molecule has 0 saturated carbocycles. The highest BCUT2D eigenvalue weighted by Gasteiger charge is 2.20. The number of benzene rings is 1. The Morgan fingerprint density at radius 3 is 2.95 bits per heavy atom. The molecule has 1 N–H and O–H groups in total. The molecule has 1 heterocycles. The number of rotatable bonds is 5. The van der Waals surface area contributed by atoms with Crippen LogP contribution in [-0.2, 0) is 6.54 Å². The van der Waals surface area contributed by atoms with Crippen molar-refractivity contribution in [2.45, 2.75) is 39.3 Å². The maximum absolute atomic E-state index is 13.2. The Hall–Kier alpha value is -0.450. The summed E-state index contributed by atoms with van der Waals surface area (Å²) in [6, 6.07) is 5.88. The molecule has 112 valence electrons. The van der Waals surface area contributed by atoms with Gasteiger partial charge in [0.15, 0.2) is 0 Å². The SMILES string of the molecule is CC(C)NCC1CCCN(Cc2ccc(F)c(Br)c2)C1. The number of likely N-dealkylation sites (tertiary alicyclic amines) is 1. The molecule has 0 aliphatic carbocycles. The minimum atomic E-state index is -0.189. The van der Waals surface area contributed by atoms with Gasteiger partial charge < -0.3 is 5.32 Å². The van der Waals surface area contributed by atoms with Crippen LogP contribution in [-0.4, -0.2) is 30.6 Å². The minimum Gasteiger partial charge on any atom is -0.314 e. The molecule has 4 heteroatoms. The molecule has 1 aromatic rings. The standard InChI is InChI=1S/C16H24BrFN2/c1-12(2)19-9-14-4-3-7-20(11-14)10-13-5-6-16(18)15(17)8-13/h5-6,8,12,14,19H,3-4,7,9-11H2,1-2H3. The molecule has 1 unspecified atom stereocenters. The highest BCUT2D eigenvalue weighted by Crippen LogP contribution is 2.21. The van der Waals surface area contributed by atoms with Gasteiger partial charge in [-0.2, -0.15) is 0 Å². The van der Waals surface area contributed by atoms with Crippen molar-refractivity contribution in [3.05, 3.63) is 34.1 Å². The van der Waals surface area contributed by atoms with E-state index in [1.165, 1.54) is 18.4 Å². The molecule has 0 amide bonds. The Balaban J connectivity index is 1.87. The maximum atomic E-state index is 13.2. The third-order valence-electron chi connectivity index (χ3n) is 3.81. The highest BCUT2D eigenvalue weighted by molar-refractivity contribution is 9.10. The third kappa shape index (κ3) is 4.83. The number of hydrogen-bond acceptors (Lipinski definition) is 2. The van der Waals surface area contributed by atoms with Crippen LogP contribution in [0.25, 0.3) is 0 Å². The molecule has 1 aromatic carbocycles. The Bertz CT molecular complexity index is 436. The lowest BCUT2D eigenvalue weighted by atomic mass is 9.97. The van der Waals surface area contributed by atoms with Crippen LogP contribution in [0.3, 0.4) is 0 Å². The van der Waals surface area contributed by atoms with Crippen LogP contribution in [0.5, 0.6) is 0 Å². The van der Waals surface area contributed by atoms with Crippen LogP contribution in [0.1, 0.15) is 32.3 Å². The Morgan fingerprint density at radius 2 is 2.25 bits per heavy atom. The molecule has 1 saturated heterocycles. The topological polar surface area (TPSA) is 15.3 Å². The first-order valence-electron chi connectivity index (χ1n) is 7.44. The second-order valence-corrected chi connectivity index (χ2v) is 6.91. The van der Waals surface area contributed by atoms with Gasteiger partial charge in [-0.25, -0.2) is 4.39 Å². The van der Waals surface area contributed by atoms with E-state index in [4.69, 9.17) is 0 Å². The number of piperidine rings is 1. The summed E-state index contributed by atoms with van der Waals surface area (Å²) < 4.78 is 13.8. The van der Waals surface area contributed by atoms with Gasteiger partial charge in [0.05, 0.1) is 4.47 Å². The second-order valence-electron chi connectivity index (χ2n) is 6.05. The van der Waals surface area contributed by atoms with E-state index in [1.54, 1.807) is 6.07 Å². The zero-order valence-electron chi connectivity index (χ0n) is 12.3. The summed E-state index contributed by atoms with van der Waals surface area (Å²) in [7, 11) is 0. The zero-order chi connectivity index (χ0) is 14.5. The summed E-state index contributed by atoms with van der Waals surface area (Å²) >= 11 is 3.26. The van der Waals surface area contributed by atoms with E-state index < -0.39 is 0 Å². The molecule has 0 aromatic heterocycles. The Kier molecular flexibility index (Phi) is 6.00.